The Morgan fingerprint density at radius 3 is 2.67 bits per heavy atom. The average Bonchev–Trinajstić information content (AvgIpc) is 3.07. The number of nitrogens with zero attached hydrogens (tertiary/aromatic N) is 3. The van der Waals surface area contributed by atoms with Gasteiger partial charge in [-0.25, -0.2) is 5.10 Å². The summed E-state index contributed by atoms with van der Waals surface area (Å²) in [5, 5.41) is 14.5. The van der Waals surface area contributed by atoms with Gasteiger partial charge in [0.05, 0.1) is 13.3 Å². The molecule has 4 aromatic rings. The first-order chi connectivity index (χ1) is 13.2. The van der Waals surface area contributed by atoms with Crippen molar-refractivity contribution < 1.29 is 4.74 Å². The molecule has 0 aliphatic rings. The zero-order chi connectivity index (χ0) is 18.8. The van der Waals surface area contributed by atoms with Gasteiger partial charge in [0.2, 0.25) is 4.77 Å². The van der Waals surface area contributed by atoms with Gasteiger partial charge in [-0.3, -0.25) is 0 Å². The van der Waals surface area contributed by atoms with Crippen LogP contribution < -0.4 is 4.74 Å². The van der Waals surface area contributed by atoms with Crippen molar-refractivity contribution in [2.75, 3.05) is 7.11 Å². The fourth-order valence-corrected chi connectivity index (χ4v) is 3.19. The van der Waals surface area contributed by atoms with Crippen molar-refractivity contribution in [2.24, 2.45) is 5.10 Å². The van der Waals surface area contributed by atoms with Gasteiger partial charge in [0.15, 0.2) is 5.82 Å². The van der Waals surface area contributed by atoms with E-state index in [1.54, 1.807) is 30.1 Å². The van der Waals surface area contributed by atoms with Gasteiger partial charge in [-0.1, -0.05) is 41.9 Å². The fourth-order valence-electron chi connectivity index (χ4n) is 2.89. The van der Waals surface area contributed by atoms with Crippen LogP contribution in [0.25, 0.3) is 22.2 Å². The summed E-state index contributed by atoms with van der Waals surface area (Å²) in [6, 6.07) is 19.4. The predicted molar refractivity (Wildman–Crippen MR) is 111 cm³/mol. The lowest BCUT2D eigenvalue weighted by atomic mass is 10.0. The molecular formula is C20H15ClN4OS. The highest BCUT2D eigenvalue weighted by Gasteiger charge is 2.10. The molecule has 0 amide bonds. The van der Waals surface area contributed by atoms with Crippen LogP contribution >= 0.6 is 23.8 Å². The van der Waals surface area contributed by atoms with Crippen molar-refractivity contribution in [2.45, 2.75) is 0 Å². The van der Waals surface area contributed by atoms with Crippen LogP contribution in [0.2, 0.25) is 5.02 Å². The minimum Gasteiger partial charge on any atom is -0.496 e. The molecular weight excluding hydrogens is 380 g/mol. The highest BCUT2D eigenvalue weighted by atomic mass is 35.5. The van der Waals surface area contributed by atoms with Crippen LogP contribution in [-0.4, -0.2) is 28.2 Å². The molecule has 134 valence electrons. The fraction of sp³-hybridized carbons (Fsp3) is 0.0500. The van der Waals surface area contributed by atoms with E-state index < -0.39 is 0 Å². The molecule has 0 unspecified atom stereocenters. The third-order valence-corrected chi connectivity index (χ3v) is 4.72. The van der Waals surface area contributed by atoms with Crippen molar-refractivity contribution in [3.05, 3.63) is 76.0 Å². The average molecular weight is 395 g/mol. The molecule has 0 atom stereocenters. The number of ether oxygens (including phenoxy) is 1. The van der Waals surface area contributed by atoms with Gasteiger partial charge in [0.25, 0.3) is 0 Å². The second kappa shape index (κ2) is 7.34. The molecule has 1 heterocycles. The highest BCUT2D eigenvalue weighted by Crippen LogP contribution is 2.27. The van der Waals surface area contributed by atoms with E-state index in [4.69, 9.17) is 28.6 Å². The summed E-state index contributed by atoms with van der Waals surface area (Å²) in [6.07, 6.45) is 1.74. The van der Waals surface area contributed by atoms with Gasteiger partial charge in [0, 0.05) is 16.1 Å². The molecule has 0 saturated carbocycles. The van der Waals surface area contributed by atoms with Crippen LogP contribution in [0.4, 0.5) is 0 Å². The summed E-state index contributed by atoms with van der Waals surface area (Å²) in [5.74, 6) is 1.34. The number of aromatic amines is 1. The van der Waals surface area contributed by atoms with E-state index in [2.05, 4.69) is 21.4 Å². The summed E-state index contributed by atoms with van der Waals surface area (Å²) >= 11 is 11.3. The van der Waals surface area contributed by atoms with E-state index in [0.29, 0.717) is 15.6 Å². The third kappa shape index (κ3) is 3.37. The summed E-state index contributed by atoms with van der Waals surface area (Å²) in [7, 11) is 1.64. The molecule has 1 aromatic heterocycles. The molecule has 3 aromatic carbocycles. The molecule has 0 fully saturated rings. The van der Waals surface area contributed by atoms with Crippen LogP contribution in [0.3, 0.4) is 0 Å². The number of halogens is 1. The summed E-state index contributed by atoms with van der Waals surface area (Å²) < 4.78 is 7.50. The van der Waals surface area contributed by atoms with E-state index in [-0.39, 0.29) is 0 Å². The Labute approximate surface area is 165 Å². The first-order valence-electron chi connectivity index (χ1n) is 8.21. The third-order valence-electron chi connectivity index (χ3n) is 4.21. The van der Waals surface area contributed by atoms with E-state index in [1.807, 2.05) is 42.5 Å². The molecule has 27 heavy (non-hydrogen) atoms. The number of hydrogen-bond acceptors (Lipinski definition) is 4. The molecule has 0 bridgehead atoms. The largest absolute Gasteiger partial charge is 0.496 e. The second-order valence-electron chi connectivity index (χ2n) is 5.82. The standard InChI is InChI=1S/C20H15ClN4OS/c1-26-18-11-8-13-4-2-3-5-16(13)17(18)12-22-25-19(23-24-20(25)27)14-6-9-15(21)10-7-14/h2-12H,1H3,(H,24,27)/b22-12-. The Hall–Kier alpha value is -2.96. The summed E-state index contributed by atoms with van der Waals surface area (Å²) in [4.78, 5) is 0. The molecule has 0 spiro atoms. The minimum atomic E-state index is 0.399. The lowest BCUT2D eigenvalue weighted by Gasteiger charge is -2.08. The van der Waals surface area contributed by atoms with Crippen LogP contribution in [0.15, 0.2) is 65.8 Å². The monoisotopic (exact) mass is 394 g/mol. The Morgan fingerprint density at radius 1 is 1.11 bits per heavy atom. The number of rotatable bonds is 4. The SMILES string of the molecule is COc1ccc2ccccc2c1/C=N\n1c(-c2ccc(Cl)cc2)n[nH]c1=S. The normalized spacial score (nSPS) is 11.3. The Bertz CT molecular complexity index is 1190. The lowest BCUT2D eigenvalue weighted by molar-refractivity contribution is 0.415. The lowest BCUT2D eigenvalue weighted by Crippen LogP contribution is -1.97. The Balaban J connectivity index is 1.83. The molecule has 0 saturated heterocycles. The van der Waals surface area contributed by atoms with Gasteiger partial charge < -0.3 is 4.74 Å². The minimum absolute atomic E-state index is 0.399. The zero-order valence-electron chi connectivity index (χ0n) is 14.4. The van der Waals surface area contributed by atoms with Crippen molar-refractivity contribution in [1.82, 2.24) is 14.9 Å². The van der Waals surface area contributed by atoms with Crippen LogP contribution in [-0.2, 0) is 0 Å². The highest BCUT2D eigenvalue weighted by molar-refractivity contribution is 7.71. The van der Waals surface area contributed by atoms with Gasteiger partial charge in [-0.2, -0.15) is 14.9 Å². The van der Waals surface area contributed by atoms with E-state index in [1.165, 1.54) is 0 Å². The summed E-state index contributed by atoms with van der Waals surface area (Å²) in [6.45, 7) is 0. The molecule has 7 heteroatoms. The molecule has 0 radical (unpaired) electrons. The van der Waals surface area contributed by atoms with E-state index >= 15 is 0 Å². The number of benzene rings is 3. The maximum absolute atomic E-state index is 5.98. The van der Waals surface area contributed by atoms with Gasteiger partial charge in [-0.15, -0.1) is 0 Å². The van der Waals surface area contributed by atoms with Crippen molar-refractivity contribution in [1.29, 1.82) is 0 Å². The number of fused-ring (bicyclic) bond motifs is 1. The smallest absolute Gasteiger partial charge is 0.216 e. The van der Waals surface area contributed by atoms with Crippen molar-refractivity contribution in [3.63, 3.8) is 0 Å². The number of methoxy groups -OCH3 is 1. The van der Waals surface area contributed by atoms with Crippen LogP contribution in [0, 0.1) is 4.77 Å². The van der Waals surface area contributed by atoms with Crippen LogP contribution in [0.5, 0.6) is 5.75 Å². The van der Waals surface area contributed by atoms with Crippen molar-refractivity contribution >= 4 is 40.8 Å². The second-order valence-corrected chi connectivity index (χ2v) is 6.64. The molecule has 0 aliphatic heterocycles. The maximum atomic E-state index is 5.98. The Kier molecular flexibility index (Phi) is 4.75. The van der Waals surface area contributed by atoms with E-state index in [0.717, 1.165) is 27.6 Å². The molecule has 1 N–H and O–H groups in total. The predicted octanol–water partition coefficient (Wildman–Crippen LogP) is 5.31. The number of aromatic nitrogens is 3. The topological polar surface area (TPSA) is 55.2 Å². The van der Waals surface area contributed by atoms with Gasteiger partial charge in [-0.05, 0) is 53.3 Å². The number of nitrogens with one attached hydrogen (secondary N) is 1. The quantitative estimate of drug-likeness (QED) is 0.377. The molecule has 4 rings (SSSR count). The van der Waals surface area contributed by atoms with Gasteiger partial charge in [0.1, 0.15) is 5.75 Å². The van der Waals surface area contributed by atoms with Crippen LogP contribution in [0.1, 0.15) is 5.56 Å². The van der Waals surface area contributed by atoms with Gasteiger partial charge >= 0.3 is 0 Å². The maximum Gasteiger partial charge on any atom is 0.216 e. The summed E-state index contributed by atoms with van der Waals surface area (Å²) in [5.41, 5.74) is 1.73. The van der Waals surface area contributed by atoms with Crippen molar-refractivity contribution in [3.8, 4) is 17.1 Å². The number of H-pyrrole nitrogens is 1. The first-order valence-corrected chi connectivity index (χ1v) is 8.99. The zero-order valence-corrected chi connectivity index (χ0v) is 16.0. The Morgan fingerprint density at radius 2 is 1.89 bits per heavy atom. The first kappa shape index (κ1) is 17.5. The van der Waals surface area contributed by atoms with E-state index in [9.17, 15) is 0 Å². The molecule has 0 aliphatic carbocycles. The molecule has 5 nitrogen and oxygen atoms in total. The number of hydrogen-bond donors (Lipinski definition) is 1.